The number of aromatic nitrogens is 1. The molecule has 1 aliphatic heterocycles. The molecule has 82 valence electrons. The van der Waals surface area contributed by atoms with E-state index >= 15 is 0 Å². The van der Waals surface area contributed by atoms with E-state index in [1.54, 1.807) is 4.90 Å². The van der Waals surface area contributed by atoms with Gasteiger partial charge in [-0.05, 0) is 24.3 Å². The number of nitrogens with zero attached hydrogens (tertiary/aromatic N) is 1. The van der Waals surface area contributed by atoms with Crippen molar-refractivity contribution < 1.29 is 9.90 Å². The van der Waals surface area contributed by atoms with Crippen molar-refractivity contribution in [3.63, 3.8) is 0 Å². The summed E-state index contributed by atoms with van der Waals surface area (Å²) in [5, 5.41) is 10.5. The number of aliphatic hydroxyl groups is 1. The molecule has 1 aliphatic rings. The molecule has 4 nitrogen and oxygen atoms in total. The molecular formula is C12H12N2O2. The first-order valence-electron chi connectivity index (χ1n) is 5.32. The van der Waals surface area contributed by atoms with Crippen LogP contribution in [0.3, 0.4) is 0 Å². The van der Waals surface area contributed by atoms with Gasteiger partial charge in [0, 0.05) is 35.8 Å². The fourth-order valence-corrected chi connectivity index (χ4v) is 2.13. The van der Waals surface area contributed by atoms with Gasteiger partial charge in [0.25, 0.3) is 5.91 Å². The molecule has 1 saturated heterocycles. The second kappa shape index (κ2) is 3.35. The number of hydrogen-bond acceptors (Lipinski definition) is 2. The Morgan fingerprint density at radius 2 is 2.25 bits per heavy atom. The molecule has 2 heterocycles. The Morgan fingerprint density at radius 3 is 3.00 bits per heavy atom. The number of fused-ring (bicyclic) bond motifs is 1. The zero-order valence-electron chi connectivity index (χ0n) is 8.68. The summed E-state index contributed by atoms with van der Waals surface area (Å²) < 4.78 is 0. The first-order chi connectivity index (χ1) is 7.75. The van der Waals surface area contributed by atoms with E-state index in [4.69, 9.17) is 0 Å². The van der Waals surface area contributed by atoms with Gasteiger partial charge in [-0.2, -0.15) is 0 Å². The van der Waals surface area contributed by atoms with E-state index in [1.165, 1.54) is 0 Å². The molecule has 1 amide bonds. The van der Waals surface area contributed by atoms with Crippen LogP contribution >= 0.6 is 0 Å². The van der Waals surface area contributed by atoms with E-state index in [2.05, 4.69) is 4.98 Å². The third-order valence-corrected chi connectivity index (χ3v) is 3.03. The molecule has 1 aromatic heterocycles. The molecule has 0 bridgehead atoms. The molecule has 4 heteroatoms. The Labute approximate surface area is 92.5 Å². The van der Waals surface area contributed by atoms with E-state index in [-0.39, 0.29) is 5.91 Å². The van der Waals surface area contributed by atoms with E-state index in [0.29, 0.717) is 13.0 Å². The molecular weight excluding hydrogens is 204 g/mol. The van der Waals surface area contributed by atoms with Gasteiger partial charge in [0.15, 0.2) is 0 Å². The molecule has 2 aromatic rings. The number of aliphatic hydroxyl groups excluding tert-OH is 1. The Balaban J connectivity index is 2.02. The van der Waals surface area contributed by atoms with E-state index < -0.39 is 6.10 Å². The van der Waals surface area contributed by atoms with Crippen LogP contribution in [0.4, 0.5) is 5.69 Å². The summed E-state index contributed by atoms with van der Waals surface area (Å²) in [6, 6.07) is 7.77. The highest BCUT2D eigenvalue weighted by atomic mass is 16.3. The van der Waals surface area contributed by atoms with E-state index in [0.717, 1.165) is 16.6 Å². The van der Waals surface area contributed by atoms with Crippen LogP contribution in [0, 0.1) is 0 Å². The maximum absolute atomic E-state index is 11.6. The maximum Gasteiger partial charge on any atom is 0.255 e. The quantitative estimate of drug-likeness (QED) is 0.754. The predicted octanol–water partition coefficient (Wildman–Crippen LogP) is 1.27. The lowest BCUT2D eigenvalue weighted by atomic mass is 10.2. The number of anilines is 1. The zero-order chi connectivity index (χ0) is 11.1. The fourth-order valence-electron chi connectivity index (χ4n) is 2.13. The largest absolute Gasteiger partial charge is 0.383 e. The lowest BCUT2D eigenvalue weighted by Crippen LogP contribution is -2.28. The van der Waals surface area contributed by atoms with Crippen molar-refractivity contribution in [3.8, 4) is 0 Å². The normalized spacial score (nSPS) is 20.9. The Hall–Kier alpha value is -1.81. The Morgan fingerprint density at radius 1 is 1.38 bits per heavy atom. The highest BCUT2D eigenvalue weighted by molar-refractivity contribution is 6.00. The fraction of sp³-hybridized carbons (Fsp3) is 0.250. The van der Waals surface area contributed by atoms with Crippen LogP contribution in [-0.2, 0) is 4.79 Å². The van der Waals surface area contributed by atoms with Crippen molar-refractivity contribution >= 4 is 22.5 Å². The first kappa shape index (κ1) is 9.42. The van der Waals surface area contributed by atoms with Crippen molar-refractivity contribution in [2.75, 3.05) is 11.4 Å². The van der Waals surface area contributed by atoms with Crippen molar-refractivity contribution in [1.82, 2.24) is 4.98 Å². The molecule has 1 fully saturated rings. The molecule has 2 N–H and O–H groups in total. The van der Waals surface area contributed by atoms with Crippen molar-refractivity contribution in [2.45, 2.75) is 12.5 Å². The molecule has 0 spiro atoms. The number of carbonyl (C=O) groups excluding carboxylic acids is 1. The van der Waals surface area contributed by atoms with Gasteiger partial charge in [0.1, 0.15) is 6.10 Å². The number of carbonyl (C=O) groups is 1. The average Bonchev–Trinajstić information content (AvgIpc) is 2.86. The minimum absolute atomic E-state index is 0.199. The van der Waals surface area contributed by atoms with Gasteiger partial charge in [-0.15, -0.1) is 0 Å². The van der Waals surface area contributed by atoms with Gasteiger partial charge in [-0.25, -0.2) is 0 Å². The van der Waals surface area contributed by atoms with Gasteiger partial charge in [0.2, 0.25) is 0 Å². The van der Waals surface area contributed by atoms with Crippen molar-refractivity contribution in [1.29, 1.82) is 0 Å². The second-order valence-corrected chi connectivity index (χ2v) is 4.04. The van der Waals surface area contributed by atoms with E-state index in [9.17, 15) is 9.90 Å². The summed E-state index contributed by atoms with van der Waals surface area (Å²) >= 11 is 0. The molecule has 1 aromatic carbocycles. The number of hydrogen-bond donors (Lipinski definition) is 2. The summed E-state index contributed by atoms with van der Waals surface area (Å²) in [6.45, 7) is 0.593. The number of amides is 1. The number of benzene rings is 1. The highest BCUT2D eigenvalue weighted by Gasteiger charge is 2.30. The van der Waals surface area contributed by atoms with Crippen LogP contribution in [0.15, 0.2) is 30.5 Å². The van der Waals surface area contributed by atoms with E-state index in [1.807, 2.05) is 30.5 Å². The van der Waals surface area contributed by atoms with Crippen LogP contribution in [-0.4, -0.2) is 28.6 Å². The number of rotatable bonds is 1. The van der Waals surface area contributed by atoms with Gasteiger partial charge in [0.05, 0.1) is 0 Å². The van der Waals surface area contributed by atoms with Crippen LogP contribution < -0.4 is 4.90 Å². The number of H-pyrrole nitrogens is 1. The zero-order valence-corrected chi connectivity index (χ0v) is 8.68. The third kappa shape index (κ3) is 1.31. The Bertz CT molecular complexity index is 547. The van der Waals surface area contributed by atoms with Crippen LogP contribution in [0.5, 0.6) is 0 Å². The van der Waals surface area contributed by atoms with Gasteiger partial charge in [-0.3, -0.25) is 4.79 Å². The molecule has 3 rings (SSSR count). The van der Waals surface area contributed by atoms with Crippen molar-refractivity contribution in [2.24, 2.45) is 0 Å². The molecule has 0 radical (unpaired) electrons. The van der Waals surface area contributed by atoms with Gasteiger partial charge in [-0.1, -0.05) is 0 Å². The van der Waals surface area contributed by atoms with Crippen LogP contribution in [0.1, 0.15) is 6.42 Å². The van der Waals surface area contributed by atoms with Crippen LogP contribution in [0.25, 0.3) is 10.9 Å². The average molecular weight is 216 g/mol. The molecule has 1 atom stereocenters. The lowest BCUT2D eigenvalue weighted by Gasteiger charge is -2.15. The summed E-state index contributed by atoms with van der Waals surface area (Å²) in [7, 11) is 0. The van der Waals surface area contributed by atoms with Gasteiger partial charge < -0.3 is 15.0 Å². The number of aromatic amines is 1. The first-order valence-corrected chi connectivity index (χ1v) is 5.32. The smallest absolute Gasteiger partial charge is 0.255 e. The Kier molecular flexibility index (Phi) is 1.97. The maximum atomic E-state index is 11.6. The highest BCUT2D eigenvalue weighted by Crippen LogP contribution is 2.25. The summed E-state index contributed by atoms with van der Waals surface area (Å²) in [5.41, 5.74) is 1.91. The minimum atomic E-state index is -0.832. The van der Waals surface area contributed by atoms with Crippen LogP contribution in [0.2, 0.25) is 0 Å². The summed E-state index contributed by atoms with van der Waals surface area (Å²) in [5.74, 6) is -0.199. The molecule has 16 heavy (non-hydrogen) atoms. The molecule has 0 unspecified atom stereocenters. The predicted molar refractivity (Wildman–Crippen MR) is 61.3 cm³/mol. The SMILES string of the molecule is O=C1[C@@H](O)CCN1c1ccc2[nH]ccc2c1. The molecule has 0 aliphatic carbocycles. The van der Waals surface area contributed by atoms with Gasteiger partial charge >= 0.3 is 0 Å². The summed E-state index contributed by atoms with van der Waals surface area (Å²) in [4.78, 5) is 16.4. The topological polar surface area (TPSA) is 56.3 Å². The lowest BCUT2D eigenvalue weighted by molar-refractivity contribution is -0.123. The number of nitrogens with one attached hydrogen (secondary N) is 1. The second-order valence-electron chi connectivity index (χ2n) is 4.04. The standard InChI is InChI=1S/C12H12N2O2/c15-11-4-6-14(12(11)16)9-1-2-10-8(7-9)3-5-13-10/h1-3,5,7,11,13,15H,4,6H2/t11-/m0/s1. The summed E-state index contributed by atoms with van der Waals surface area (Å²) in [6.07, 6.45) is 1.56. The molecule has 0 saturated carbocycles. The monoisotopic (exact) mass is 216 g/mol. The third-order valence-electron chi connectivity index (χ3n) is 3.03. The van der Waals surface area contributed by atoms with Crippen molar-refractivity contribution in [3.05, 3.63) is 30.5 Å². The minimum Gasteiger partial charge on any atom is -0.383 e.